The SMILES string of the molecule is CCCCCN(c1ccc(Cl)cc1CBr)C(C)C. The van der Waals surface area contributed by atoms with Crippen LogP contribution < -0.4 is 4.90 Å². The van der Waals surface area contributed by atoms with Crippen LogP contribution in [0.15, 0.2) is 18.2 Å². The van der Waals surface area contributed by atoms with Gasteiger partial charge in [0.25, 0.3) is 0 Å². The van der Waals surface area contributed by atoms with Gasteiger partial charge in [-0.15, -0.1) is 0 Å². The number of anilines is 1. The molecule has 3 heteroatoms. The standard InChI is InChI=1S/C15H23BrClN/c1-4-5-6-9-18(12(2)3)15-8-7-14(17)10-13(15)11-16/h7-8,10,12H,4-6,9,11H2,1-3H3. The van der Waals surface area contributed by atoms with Crippen LogP contribution in [-0.4, -0.2) is 12.6 Å². The van der Waals surface area contributed by atoms with Crippen molar-refractivity contribution in [2.75, 3.05) is 11.4 Å². The van der Waals surface area contributed by atoms with Gasteiger partial charge in [0, 0.05) is 28.6 Å². The number of hydrogen-bond donors (Lipinski definition) is 0. The lowest BCUT2D eigenvalue weighted by molar-refractivity contribution is 0.625. The summed E-state index contributed by atoms with van der Waals surface area (Å²) in [6, 6.07) is 6.70. The quantitative estimate of drug-likeness (QED) is 0.461. The fourth-order valence-corrected chi connectivity index (χ4v) is 2.77. The van der Waals surface area contributed by atoms with Gasteiger partial charge in [-0.25, -0.2) is 0 Å². The monoisotopic (exact) mass is 331 g/mol. The zero-order chi connectivity index (χ0) is 13.5. The summed E-state index contributed by atoms with van der Waals surface area (Å²) in [6.07, 6.45) is 3.80. The molecule has 0 saturated heterocycles. The summed E-state index contributed by atoms with van der Waals surface area (Å²) in [5.74, 6) is 0. The third-order valence-electron chi connectivity index (χ3n) is 3.12. The number of rotatable bonds is 7. The highest BCUT2D eigenvalue weighted by Crippen LogP contribution is 2.28. The van der Waals surface area contributed by atoms with Gasteiger partial charge < -0.3 is 4.90 Å². The van der Waals surface area contributed by atoms with Crippen molar-refractivity contribution in [3.63, 3.8) is 0 Å². The Hall–Kier alpha value is -0.210. The van der Waals surface area contributed by atoms with E-state index >= 15 is 0 Å². The van der Waals surface area contributed by atoms with Crippen LogP contribution in [0.5, 0.6) is 0 Å². The summed E-state index contributed by atoms with van der Waals surface area (Å²) < 4.78 is 0. The van der Waals surface area contributed by atoms with Crippen LogP contribution >= 0.6 is 27.5 Å². The summed E-state index contributed by atoms with van der Waals surface area (Å²) in [6.45, 7) is 7.86. The van der Waals surface area contributed by atoms with E-state index in [1.807, 2.05) is 6.07 Å². The zero-order valence-corrected chi connectivity index (χ0v) is 13.9. The smallest absolute Gasteiger partial charge is 0.0410 e. The number of nitrogens with zero attached hydrogens (tertiary/aromatic N) is 1. The molecule has 0 N–H and O–H groups in total. The first-order valence-corrected chi connectivity index (χ1v) is 8.21. The average Bonchev–Trinajstić information content (AvgIpc) is 2.35. The van der Waals surface area contributed by atoms with Crippen LogP contribution in [0.1, 0.15) is 45.6 Å². The summed E-state index contributed by atoms with van der Waals surface area (Å²) in [4.78, 5) is 2.47. The van der Waals surface area contributed by atoms with Crippen molar-refractivity contribution >= 4 is 33.2 Å². The Balaban J connectivity index is 2.90. The molecule has 18 heavy (non-hydrogen) atoms. The first kappa shape index (κ1) is 15.8. The maximum Gasteiger partial charge on any atom is 0.0410 e. The molecule has 0 spiro atoms. The van der Waals surface area contributed by atoms with Crippen molar-refractivity contribution in [1.29, 1.82) is 0 Å². The number of halogens is 2. The zero-order valence-electron chi connectivity index (χ0n) is 11.5. The van der Waals surface area contributed by atoms with E-state index in [4.69, 9.17) is 11.6 Å². The van der Waals surface area contributed by atoms with Crippen molar-refractivity contribution in [2.45, 2.75) is 51.4 Å². The number of alkyl halides is 1. The molecule has 1 rings (SSSR count). The molecule has 1 aromatic carbocycles. The molecular formula is C15H23BrClN. The largest absolute Gasteiger partial charge is 0.369 e. The Morgan fingerprint density at radius 2 is 2.00 bits per heavy atom. The van der Waals surface area contributed by atoms with E-state index in [9.17, 15) is 0 Å². The van der Waals surface area contributed by atoms with Gasteiger partial charge in [0.2, 0.25) is 0 Å². The van der Waals surface area contributed by atoms with Crippen LogP contribution in [-0.2, 0) is 5.33 Å². The molecule has 0 amide bonds. The number of unbranched alkanes of at least 4 members (excludes halogenated alkanes) is 2. The molecule has 1 nitrogen and oxygen atoms in total. The van der Waals surface area contributed by atoms with Gasteiger partial charge in [-0.05, 0) is 44.0 Å². The molecule has 0 saturated carbocycles. The first-order valence-electron chi connectivity index (χ1n) is 6.71. The van der Waals surface area contributed by atoms with Crippen molar-refractivity contribution in [3.8, 4) is 0 Å². The topological polar surface area (TPSA) is 3.24 Å². The van der Waals surface area contributed by atoms with E-state index in [0.717, 1.165) is 16.9 Å². The van der Waals surface area contributed by atoms with Crippen molar-refractivity contribution < 1.29 is 0 Å². The van der Waals surface area contributed by atoms with E-state index in [-0.39, 0.29) is 0 Å². The van der Waals surface area contributed by atoms with Crippen LogP contribution in [0.25, 0.3) is 0 Å². The highest BCUT2D eigenvalue weighted by molar-refractivity contribution is 9.08. The molecule has 0 heterocycles. The molecule has 0 bridgehead atoms. The molecule has 0 aromatic heterocycles. The van der Waals surface area contributed by atoms with Crippen molar-refractivity contribution in [1.82, 2.24) is 0 Å². The Bertz CT molecular complexity index is 366. The lowest BCUT2D eigenvalue weighted by atomic mass is 10.1. The lowest BCUT2D eigenvalue weighted by Gasteiger charge is -2.31. The minimum absolute atomic E-state index is 0.515. The molecule has 0 aliphatic rings. The van der Waals surface area contributed by atoms with Crippen molar-refractivity contribution in [3.05, 3.63) is 28.8 Å². The molecule has 0 aliphatic heterocycles. The molecule has 0 radical (unpaired) electrons. The van der Waals surface area contributed by atoms with E-state index < -0.39 is 0 Å². The van der Waals surface area contributed by atoms with Crippen LogP contribution in [0.4, 0.5) is 5.69 Å². The summed E-state index contributed by atoms with van der Waals surface area (Å²) in [7, 11) is 0. The van der Waals surface area contributed by atoms with Crippen molar-refractivity contribution in [2.24, 2.45) is 0 Å². The Morgan fingerprint density at radius 1 is 1.28 bits per heavy atom. The predicted molar refractivity (Wildman–Crippen MR) is 86.1 cm³/mol. The second-order valence-corrected chi connectivity index (χ2v) is 5.90. The van der Waals surface area contributed by atoms with Crippen LogP contribution in [0, 0.1) is 0 Å². The van der Waals surface area contributed by atoms with Gasteiger partial charge in [-0.2, -0.15) is 0 Å². The van der Waals surface area contributed by atoms with Gasteiger partial charge in [-0.3, -0.25) is 0 Å². The van der Waals surface area contributed by atoms with Gasteiger partial charge in [-0.1, -0.05) is 47.3 Å². The third-order valence-corrected chi connectivity index (χ3v) is 3.96. The maximum absolute atomic E-state index is 6.07. The highest BCUT2D eigenvalue weighted by atomic mass is 79.9. The molecule has 0 atom stereocenters. The second kappa shape index (κ2) is 8.06. The number of benzene rings is 1. The van der Waals surface area contributed by atoms with E-state index in [2.05, 4.69) is 53.7 Å². The maximum atomic E-state index is 6.07. The minimum atomic E-state index is 0.515. The number of hydrogen-bond acceptors (Lipinski definition) is 1. The van der Waals surface area contributed by atoms with Gasteiger partial charge in [0.05, 0.1) is 0 Å². The minimum Gasteiger partial charge on any atom is -0.369 e. The molecule has 0 unspecified atom stereocenters. The fraction of sp³-hybridized carbons (Fsp3) is 0.600. The van der Waals surface area contributed by atoms with E-state index in [1.54, 1.807) is 0 Å². The molecule has 102 valence electrons. The van der Waals surface area contributed by atoms with Gasteiger partial charge in [0.1, 0.15) is 0 Å². The third kappa shape index (κ3) is 4.47. The summed E-state index contributed by atoms with van der Waals surface area (Å²) in [5, 5.41) is 1.66. The van der Waals surface area contributed by atoms with E-state index in [1.165, 1.54) is 30.5 Å². The molecule has 0 aliphatic carbocycles. The molecule has 1 aromatic rings. The Morgan fingerprint density at radius 3 is 2.56 bits per heavy atom. The van der Waals surface area contributed by atoms with Crippen LogP contribution in [0.3, 0.4) is 0 Å². The Labute approximate surface area is 125 Å². The van der Waals surface area contributed by atoms with Gasteiger partial charge >= 0.3 is 0 Å². The lowest BCUT2D eigenvalue weighted by Crippen LogP contribution is -2.32. The average molecular weight is 333 g/mol. The van der Waals surface area contributed by atoms with Gasteiger partial charge in [0.15, 0.2) is 0 Å². The Kier molecular flexibility index (Phi) is 7.10. The first-order chi connectivity index (χ1) is 8.60. The predicted octanol–water partition coefficient (Wildman–Crippen LogP) is 5.64. The normalized spacial score (nSPS) is 11.0. The fourth-order valence-electron chi connectivity index (χ4n) is 2.13. The highest BCUT2D eigenvalue weighted by Gasteiger charge is 2.13. The van der Waals surface area contributed by atoms with Crippen LogP contribution in [0.2, 0.25) is 5.02 Å². The second-order valence-electron chi connectivity index (χ2n) is 4.90. The van der Waals surface area contributed by atoms with E-state index in [0.29, 0.717) is 6.04 Å². The summed E-state index contributed by atoms with van der Waals surface area (Å²) >= 11 is 9.62. The molecular weight excluding hydrogens is 310 g/mol. The summed E-state index contributed by atoms with van der Waals surface area (Å²) in [5.41, 5.74) is 2.58. The molecule has 0 fully saturated rings.